The van der Waals surface area contributed by atoms with Crippen molar-refractivity contribution < 1.29 is 9.59 Å². The normalized spacial score (nSPS) is 18.4. The molecule has 0 spiro atoms. The lowest BCUT2D eigenvalue weighted by Gasteiger charge is -2.32. The van der Waals surface area contributed by atoms with E-state index < -0.39 is 0 Å². The summed E-state index contributed by atoms with van der Waals surface area (Å²) >= 11 is 0. The highest BCUT2D eigenvalue weighted by Crippen LogP contribution is 2.20. The molecule has 0 radical (unpaired) electrons. The quantitative estimate of drug-likeness (QED) is 0.930. The molecule has 0 saturated carbocycles. The third kappa shape index (κ3) is 4.55. The third-order valence-corrected chi connectivity index (χ3v) is 3.87. The van der Waals surface area contributed by atoms with Gasteiger partial charge in [-0.2, -0.15) is 0 Å². The SMILES string of the molecule is Cc1cccc(NC(=O)[C@H]2CCCN(C(=O)CC(C)C)C2)n1. The molecule has 1 aliphatic rings. The Bertz CT molecular complexity index is 542. The molecule has 1 N–H and O–H groups in total. The Morgan fingerprint density at radius 3 is 2.86 bits per heavy atom. The van der Waals surface area contributed by atoms with Crippen LogP contribution in [0.5, 0.6) is 0 Å². The largest absolute Gasteiger partial charge is 0.342 e. The van der Waals surface area contributed by atoms with Crippen LogP contribution in [0.25, 0.3) is 0 Å². The predicted octanol–water partition coefficient (Wildman–Crippen LogP) is 2.61. The number of piperidine rings is 1. The van der Waals surface area contributed by atoms with Crippen LogP contribution in [0.3, 0.4) is 0 Å². The summed E-state index contributed by atoms with van der Waals surface area (Å²) in [7, 11) is 0. The van der Waals surface area contributed by atoms with E-state index in [9.17, 15) is 9.59 Å². The number of rotatable bonds is 4. The maximum absolute atomic E-state index is 12.4. The highest BCUT2D eigenvalue weighted by Gasteiger charge is 2.28. The number of aryl methyl sites for hydroxylation is 1. The van der Waals surface area contributed by atoms with Crippen LogP contribution in [0, 0.1) is 18.8 Å². The van der Waals surface area contributed by atoms with Gasteiger partial charge >= 0.3 is 0 Å². The van der Waals surface area contributed by atoms with Crippen molar-refractivity contribution in [1.29, 1.82) is 0 Å². The van der Waals surface area contributed by atoms with Gasteiger partial charge in [-0.3, -0.25) is 9.59 Å². The van der Waals surface area contributed by atoms with Gasteiger partial charge in [-0.1, -0.05) is 19.9 Å². The maximum atomic E-state index is 12.4. The van der Waals surface area contributed by atoms with Gasteiger partial charge in [-0.15, -0.1) is 0 Å². The van der Waals surface area contributed by atoms with Gasteiger partial charge in [-0.25, -0.2) is 4.98 Å². The summed E-state index contributed by atoms with van der Waals surface area (Å²) in [4.78, 5) is 30.7. The van der Waals surface area contributed by atoms with Crippen LogP contribution in [-0.4, -0.2) is 34.8 Å². The van der Waals surface area contributed by atoms with Gasteiger partial charge in [0.25, 0.3) is 0 Å². The van der Waals surface area contributed by atoms with E-state index in [1.165, 1.54) is 0 Å². The second kappa shape index (κ2) is 7.38. The molecule has 0 bridgehead atoms. The Kier molecular flexibility index (Phi) is 5.52. The summed E-state index contributed by atoms with van der Waals surface area (Å²) in [5.41, 5.74) is 0.871. The molecule has 0 aromatic carbocycles. The number of anilines is 1. The molecule has 0 aliphatic carbocycles. The third-order valence-electron chi connectivity index (χ3n) is 3.87. The number of nitrogens with one attached hydrogen (secondary N) is 1. The second-order valence-corrected chi connectivity index (χ2v) is 6.43. The van der Waals surface area contributed by atoms with Crippen LogP contribution in [0.2, 0.25) is 0 Å². The minimum atomic E-state index is -0.146. The molecule has 2 amide bonds. The molecule has 1 saturated heterocycles. The van der Waals surface area contributed by atoms with Crippen LogP contribution in [0.15, 0.2) is 18.2 Å². The Balaban J connectivity index is 1.94. The van der Waals surface area contributed by atoms with Crippen molar-refractivity contribution in [1.82, 2.24) is 9.88 Å². The predicted molar refractivity (Wildman–Crippen MR) is 86.4 cm³/mol. The molecular formula is C17H25N3O2. The van der Waals surface area contributed by atoms with Gasteiger partial charge < -0.3 is 10.2 Å². The number of carbonyl (C=O) groups is 2. The van der Waals surface area contributed by atoms with Crippen molar-refractivity contribution in [2.75, 3.05) is 18.4 Å². The molecule has 5 heteroatoms. The monoisotopic (exact) mass is 303 g/mol. The number of hydrogen-bond donors (Lipinski definition) is 1. The van der Waals surface area contributed by atoms with Gasteiger partial charge in [-0.05, 0) is 37.8 Å². The fourth-order valence-corrected chi connectivity index (χ4v) is 2.74. The minimum absolute atomic E-state index is 0.0415. The summed E-state index contributed by atoms with van der Waals surface area (Å²) in [5, 5.41) is 2.86. The molecule has 1 aliphatic heterocycles. The zero-order valence-corrected chi connectivity index (χ0v) is 13.6. The number of hydrogen-bond acceptors (Lipinski definition) is 3. The average molecular weight is 303 g/mol. The van der Waals surface area contributed by atoms with E-state index in [1.807, 2.05) is 37.8 Å². The Morgan fingerprint density at radius 2 is 2.18 bits per heavy atom. The van der Waals surface area contributed by atoms with Crippen LogP contribution in [0.1, 0.15) is 38.8 Å². The van der Waals surface area contributed by atoms with Gasteiger partial charge in [0, 0.05) is 25.2 Å². The molecular weight excluding hydrogens is 278 g/mol. The van der Waals surface area contributed by atoms with Gasteiger partial charge in [0.05, 0.1) is 5.92 Å². The van der Waals surface area contributed by atoms with E-state index >= 15 is 0 Å². The Morgan fingerprint density at radius 1 is 1.41 bits per heavy atom. The molecule has 5 nitrogen and oxygen atoms in total. The summed E-state index contributed by atoms with van der Waals surface area (Å²) in [5.74, 6) is 0.891. The molecule has 0 unspecified atom stereocenters. The van der Waals surface area contributed by atoms with Crippen molar-refractivity contribution >= 4 is 17.6 Å². The van der Waals surface area contributed by atoms with E-state index in [-0.39, 0.29) is 17.7 Å². The van der Waals surface area contributed by atoms with Crippen molar-refractivity contribution in [2.45, 2.75) is 40.0 Å². The lowest BCUT2D eigenvalue weighted by molar-refractivity contribution is -0.135. The molecule has 2 rings (SSSR count). The van der Waals surface area contributed by atoms with E-state index in [2.05, 4.69) is 10.3 Å². The molecule has 1 atom stereocenters. The number of amides is 2. The number of pyridine rings is 1. The second-order valence-electron chi connectivity index (χ2n) is 6.43. The topological polar surface area (TPSA) is 62.3 Å². The lowest BCUT2D eigenvalue weighted by Crippen LogP contribution is -2.44. The van der Waals surface area contributed by atoms with E-state index in [4.69, 9.17) is 0 Å². The summed E-state index contributed by atoms with van der Waals surface area (Å²) in [6, 6.07) is 5.55. The number of likely N-dealkylation sites (tertiary alicyclic amines) is 1. The van der Waals surface area contributed by atoms with Crippen molar-refractivity contribution in [2.24, 2.45) is 11.8 Å². The maximum Gasteiger partial charge on any atom is 0.230 e. The number of nitrogens with zero attached hydrogens (tertiary/aromatic N) is 2. The van der Waals surface area contributed by atoms with Crippen LogP contribution in [-0.2, 0) is 9.59 Å². The van der Waals surface area contributed by atoms with E-state index in [1.54, 1.807) is 6.07 Å². The first-order valence-corrected chi connectivity index (χ1v) is 7.98. The highest BCUT2D eigenvalue weighted by molar-refractivity contribution is 5.92. The van der Waals surface area contributed by atoms with Crippen molar-refractivity contribution in [3.63, 3.8) is 0 Å². The zero-order valence-electron chi connectivity index (χ0n) is 13.6. The molecule has 1 aromatic heterocycles. The molecule has 1 fully saturated rings. The Hall–Kier alpha value is -1.91. The fraction of sp³-hybridized carbons (Fsp3) is 0.588. The van der Waals surface area contributed by atoms with Crippen LogP contribution < -0.4 is 5.32 Å². The number of aromatic nitrogens is 1. The first kappa shape index (κ1) is 16.5. The molecule has 1 aromatic rings. The molecule has 2 heterocycles. The van der Waals surface area contributed by atoms with Crippen molar-refractivity contribution in [3.05, 3.63) is 23.9 Å². The number of carbonyl (C=O) groups excluding carboxylic acids is 2. The van der Waals surface area contributed by atoms with E-state index in [0.717, 1.165) is 25.1 Å². The fourth-order valence-electron chi connectivity index (χ4n) is 2.74. The molecule has 22 heavy (non-hydrogen) atoms. The summed E-state index contributed by atoms with van der Waals surface area (Å²) < 4.78 is 0. The van der Waals surface area contributed by atoms with Gasteiger partial charge in [0.15, 0.2) is 0 Å². The summed E-state index contributed by atoms with van der Waals surface area (Å²) in [6.45, 7) is 7.24. The first-order chi connectivity index (χ1) is 10.5. The first-order valence-electron chi connectivity index (χ1n) is 7.98. The average Bonchev–Trinajstić information content (AvgIpc) is 2.46. The zero-order chi connectivity index (χ0) is 16.1. The van der Waals surface area contributed by atoms with E-state index in [0.29, 0.717) is 24.7 Å². The minimum Gasteiger partial charge on any atom is -0.342 e. The standard InChI is InChI=1S/C17H25N3O2/c1-12(2)10-16(21)20-9-5-7-14(11-20)17(22)19-15-8-4-6-13(3)18-15/h4,6,8,12,14H,5,7,9-11H2,1-3H3,(H,18,19,22)/t14-/m0/s1. The van der Waals surface area contributed by atoms with Crippen molar-refractivity contribution in [3.8, 4) is 0 Å². The highest BCUT2D eigenvalue weighted by atomic mass is 16.2. The van der Waals surface area contributed by atoms with Gasteiger partial charge in [0.1, 0.15) is 5.82 Å². The summed E-state index contributed by atoms with van der Waals surface area (Å²) in [6.07, 6.45) is 2.25. The van der Waals surface area contributed by atoms with Crippen LogP contribution >= 0.6 is 0 Å². The lowest BCUT2D eigenvalue weighted by atomic mass is 9.96. The van der Waals surface area contributed by atoms with Gasteiger partial charge in [0.2, 0.25) is 11.8 Å². The molecule has 120 valence electrons. The van der Waals surface area contributed by atoms with Crippen LogP contribution in [0.4, 0.5) is 5.82 Å². The smallest absolute Gasteiger partial charge is 0.230 e. The Labute approximate surface area is 132 Å².